The molecule has 1 aliphatic carbocycles. The van der Waals surface area contributed by atoms with Gasteiger partial charge < -0.3 is 5.32 Å². The molecular formula is C20H24N2O3S. The molecule has 0 heterocycles. The van der Waals surface area contributed by atoms with Crippen LogP contribution < -0.4 is 10.0 Å². The topological polar surface area (TPSA) is 75.3 Å². The molecule has 1 amide bonds. The van der Waals surface area contributed by atoms with Crippen molar-refractivity contribution in [2.24, 2.45) is 0 Å². The zero-order chi connectivity index (χ0) is 18.9. The Labute approximate surface area is 154 Å². The Hall–Kier alpha value is -2.18. The summed E-state index contributed by atoms with van der Waals surface area (Å²) < 4.78 is 27.5. The van der Waals surface area contributed by atoms with Gasteiger partial charge in [-0.05, 0) is 81.5 Å². The Balaban J connectivity index is 1.79. The lowest BCUT2D eigenvalue weighted by molar-refractivity contribution is 0.102. The van der Waals surface area contributed by atoms with Gasteiger partial charge in [0, 0.05) is 16.8 Å². The van der Waals surface area contributed by atoms with Crippen molar-refractivity contribution >= 4 is 21.6 Å². The highest BCUT2D eigenvalue weighted by Gasteiger charge is 2.22. The van der Waals surface area contributed by atoms with Gasteiger partial charge in [0.15, 0.2) is 0 Å². The SMILES string of the molecule is CC(C)(C)NS(=O)(=O)c1cccc(NC(=O)c2ccc3c(c2)CCC3)c1. The van der Waals surface area contributed by atoms with Crippen LogP contribution in [-0.4, -0.2) is 19.9 Å². The quantitative estimate of drug-likeness (QED) is 0.862. The number of benzene rings is 2. The Morgan fingerprint density at radius 1 is 1.00 bits per heavy atom. The van der Waals surface area contributed by atoms with Crippen molar-refractivity contribution in [1.29, 1.82) is 0 Å². The van der Waals surface area contributed by atoms with E-state index in [1.165, 1.54) is 23.3 Å². The van der Waals surface area contributed by atoms with Gasteiger partial charge in [-0.15, -0.1) is 0 Å². The lowest BCUT2D eigenvalue weighted by Crippen LogP contribution is -2.40. The number of carbonyl (C=O) groups excluding carboxylic acids is 1. The Morgan fingerprint density at radius 3 is 2.46 bits per heavy atom. The number of amides is 1. The minimum absolute atomic E-state index is 0.124. The first-order valence-electron chi connectivity index (χ1n) is 8.71. The number of hydrogen-bond donors (Lipinski definition) is 2. The van der Waals surface area contributed by atoms with E-state index >= 15 is 0 Å². The second-order valence-corrected chi connectivity index (χ2v) is 9.36. The summed E-state index contributed by atoms with van der Waals surface area (Å²) in [6.45, 7) is 5.35. The largest absolute Gasteiger partial charge is 0.322 e. The number of aryl methyl sites for hydroxylation is 2. The first kappa shape index (κ1) is 18.6. The third-order valence-corrected chi connectivity index (χ3v) is 5.96. The van der Waals surface area contributed by atoms with E-state index in [0.29, 0.717) is 11.3 Å². The van der Waals surface area contributed by atoms with E-state index in [1.807, 2.05) is 18.2 Å². The summed E-state index contributed by atoms with van der Waals surface area (Å²) in [6.07, 6.45) is 3.20. The zero-order valence-corrected chi connectivity index (χ0v) is 16.1. The summed E-state index contributed by atoms with van der Waals surface area (Å²) in [6, 6.07) is 12.0. The van der Waals surface area contributed by atoms with Gasteiger partial charge in [0.2, 0.25) is 10.0 Å². The summed E-state index contributed by atoms with van der Waals surface area (Å²) in [5.41, 5.74) is 2.99. The van der Waals surface area contributed by atoms with Crippen LogP contribution >= 0.6 is 0 Å². The summed E-state index contributed by atoms with van der Waals surface area (Å²) in [7, 11) is -3.65. The Morgan fingerprint density at radius 2 is 1.73 bits per heavy atom. The van der Waals surface area contributed by atoms with Gasteiger partial charge in [0.25, 0.3) is 5.91 Å². The maximum absolute atomic E-state index is 12.5. The molecule has 0 fully saturated rings. The number of carbonyl (C=O) groups is 1. The van der Waals surface area contributed by atoms with Gasteiger partial charge in [-0.2, -0.15) is 0 Å². The highest BCUT2D eigenvalue weighted by Crippen LogP contribution is 2.24. The second-order valence-electron chi connectivity index (χ2n) is 7.67. The third-order valence-electron chi connectivity index (χ3n) is 4.20. The summed E-state index contributed by atoms with van der Waals surface area (Å²) in [4.78, 5) is 12.7. The Bertz CT molecular complexity index is 944. The van der Waals surface area contributed by atoms with Gasteiger partial charge in [0.05, 0.1) is 4.90 Å². The van der Waals surface area contributed by atoms with E-state index in [9.17, 15) is 13.2 Å². The van der Waals surface area contributed by atoms with Crippen molar-refractivity contribution in [3.8, 4) is 0 Å². The standard InChI is InChI=1S/C20H24N2O3S/c1-20(2,3)22-26(24,25)18-9-5-8-17(13-18)21-19(23)16-11-10-14-6-4-7-15(14)12-16/h5,8-13,22H,4,6-7H2,1-3H3,(H,21,23). The maximum Gasteiger partial charge on any atom is 0.255 e. The summed E-state index contributed by atoms with van der Waals surface area (Å²) >= 11 is 0. The van der Waals surface area contributed by atoms with Crippen LogP contribution in [0.2, 0.25) is 0 Å². The molecule has 0 bridgehead atoms. The van der Waals surface area contributed by atoms with Gasteiger partial charge >= 0.3 is 0 Å². The monoisotopic (exact) mass is 372 g/mol. The highest BCUT2D eigenvalue weighted by molar-refractivity contribution is 7.89. The van der Waals surface area contributed by atoms with Crippen molar-refractivity contribution < 1.29 is 13.2 Å². The molecule has 0 aromatic heterocycles. The van der Waals surface area contributed by atoms with E-state index in [2.05, 4.69) is 10.0 Å². The summed E-state index contributed by atoms with van der Waals surface area (Å²) in [5, 5.41) is 2.79. The average Bonchev–Trinajstić information content (AvgIpc) is 3.00. The molecule has 1 aliphatic rings. The van der Waals surface area contributed by atoms with Gasteiger partial charge in [-0.3, -0.25) is 4.79 Å². The highest BCUT2D eigenvalue weighted by atomic mass is 32.2. The molecule has 0 saturated carbocycles. The normalized spacial score (nSPS) is 14.1. The van der Waals surface area contributed by atoms with Crippen LogP contribution in [0.15, 0.2) is 47.4 Å². The fourth-order valence-electron chi connectivity index (χ4n) is 3.12. The van der Waals surface area contributed by atoms with Crippen LogP contribution in [0.3, 0.4) is 0 Å². The molecule has 2 N–H and O–H groups in total. The van der Waals surface area contributed by atoms with Crippen molar-refractivity contribution in [1.82, 2.24) is 4.72 Å². The molecule has 6 heteroatoms. The number of hydrogen-bond acceptors (Lipinski definition) is 3. The first-order valence-corrected chi connectivity index (χ1v) is 10.2. The molecule has 26 heavy (non-hydrogen) atoms. The summed E-state index contributed by atoms with van der Waals surface area (Å²) in [5.74, 6) is -0.238. The molecule has 5 nitrogen and oxygen atoms in total. The zero-order valence-electron chi connectivity index (χ0n) is 15.3. The molecule has 0 unspecified atom stereocenters. The number of nitrogens with one attached hydrogen (secondary N) is 2. The molecular weight excluding hydrogens is 348 g/mol. The van der Waals surface area contributed by atoms with Gasteiger partial charge in [-0.1, -0.05) is 12.1 Å². The molecule has 0 aliphatic heterocycles. The average molecular weight is 372 g/mol. The van der Waals surface area contributed by atoms with Crippen LogP contribution in [0.5, 0.6) is 0 Å². The Kier molecular flexibility index (Phi) is 4.90. The van der Waals surface area contributed by atoms with Crippen molar-refractivity contribution in [2.45, 2.75) is 50.5 Å². The van der Waals surface area contributed by atoms with E-state index in [1.54, 1.807) is 32.9 Å². The minimum Gasteiger partial charge on any atom is -0.322 e. The van der Waals surface area contributed by atoms with Crippen molar-refractivity contribution in [3.05, 3.63) is 59.2 Å². The lowest BCUT2D eigenvalue weighted by Gasteiger charge is -2.20. The van der Waals surface area contributed by atoms with Crippen LogP contribution in [0.4, 0.5) is 5.69 Å². The fraction of sp³-hybridized carbons (Fsp3) is 0.350. The molecule has 0 atom stereocenters. The molecule has 0 spiro atoms. The van der Waals surface area contributed by atoms with Crippen molar-refractivity contribution in [3.63, 3.8) is 0 Å². The van der Waals surface area contributed by atoms with E-state index in [0.717, 1.165) is 19.3 Å². The number of sulfonamides is 1. The van der Waals surface area contributed by atoms with E-state index in [4.69, 9.17) is 0 Å². The second kappa shape index (κ2) is 6.85. The first-order chi connectivity index (χ1) is 12.1. The molecule has 2 aromatic rings. The van der Waals surface area contributed by atoms with E-state index in [-0.39, 0.29) is 10.8 Å². The van der Waals surface area contributed by atoms with Crippen LogP contribution in [0.1, 0.15) is 48.7 Å². The van der Waals surface area contributed by atoms with Crippen molar-refractivity contribution in [2.75, 3.05) is 5.32 Å². The van der Waals surface area contributed by atoms with Crippen LogP contribution in [-0.2, 0) is 22.9 Å². The molecule has 0 saturated heterocycles. The maximum atomic E-state index is 12.5. The fourth-order valence-corrected chi connectivity index (χ4v) is 4.58. The number of anilines is 1. The van der Waals surface area contributed by atoms with Gasteiger partial charge in [-0.25, -0.2) is 13.1 Å². The minimum atomic E-state index is -3.65. The third kappa shape index (κ3) is 4.31. The van der Waals surface area contributed by atoms with E-state index < -0.39 is 15.6 Å². The van der Waals surface area contributed by atoms with Gasteiger partial charge in [0.1, 0.15) is 0 Å². The lowest BCUT2D eigenvalue weighted by atomic mass is 10.1. The predicted octanol–water partition coefficient (Wildman–Crippen LogP) is 3.50. The molecule has 138 valence electrons. The number of rotatable bonds is 4. The van der Waals surface area contributed by atoms with Crippen LogP contribution in [0, 0.1) is 0 Å². The molecule has 3 rings (SSSR count). The predicted molar refractivity (Wildman–Crippen MR) is 103 cm³/mol. The molecule has 0 radical (unpaired) electrons. The number of fused-ring (bicyclic) bond motifs is 1. The van der Waals surface area contributed by atoms with Crippen LogP contribution in [0.25, 0.3) is 0 Å². The molecule has 2 aromatic carbocycles. The smallest absolute Gasteiger partial charge is 0.255 e.